The highest BCUT2D eigenvalue weighted by atomic mass is 79.9. The third kappa shape index (κ3) is 2.83. The van der Waals surface area contributed by atoms with Gasteiger partial charge in [0.15, 0.2) is 6.10 Å². The largest absolute Gasteiger partial charge is 0.509 e. The fourth-order valence-electron chi connectivity index (χ4n) is 2.21. The predicted octanol–water partition coefficient (Wildman–Crippen LogP) is 3.91. The van der Waals surface area contributed by atoms with Crippen LogP contribution in [0.15, 0.2) is 59.1 Å². The summed E-state index contributed by atoms with van der Waals surface area (Å²) in [5, 5.41) is 0. The van der Waals surface area contributed by atoms with E-state index in [1.165, 1.54) is 0 Å². The average molecular weight is 347 g/mol. The number of hydrogen-bond donors (Lipinski definition) is 0. The van der Waals surface area contributed by atoms with Gasteiger partial charge in [-0.2, -0.15) is 0 Å². The molecule has 0 unspecified atom stereocenters. The molecule has 106 valence electrons. The summed E-state index contributed by atoms with van der Waals surface area (Å²) in [5.74, 6) is -0.276. The van der Waals surface area contributed by atoms with Crippen LogP contribution < -0.4 is 0 Å². The van der Waals surface area contributed by atoms with E-state index in [0.29, 0.717) is 5.56 Å². The molecule has 2 aromatic rings. The molecular formula is C16H11BrO4. The van der Waals surface area contributed by atoms with Gasteiger partial charge in [-0.25, -0.2) is 4.79 Å². The second kappa shape index (κ2) is 5.69. The van der Waals surface area contributed by atoms with E-state index in [4.69, 9.17) is 9.47 Å². The topological polar surface area (TPSA) is 52.6 Å². The number of ether oxygens (including phenoxy) is 2. The van der Waals surface area contributed by atoms with Gasteiger partial charge in [-0.15, -0.1) is 0 Å². The van der Waals surface area contributed by atoms with Gasteiger partial charge in [0.25, 0.3) is 0 Å². The van der Waals surface area contributed by atoms with E-state index < -0.39 is 18.4 Å². The van der Waals surface area contributed by atoms with Crippen LogP contribution in [0.5, 0.6) is 0 Å². The maximum atomic E-state index is 12.5. The predicted molar refractivity (Wildman–Crippen MR) is 79.0 cm³/mol. The van der Waals surface area contributed by atoms with Gasteiger partial charge in [0, 0.05) is 10.0 Å². The molecule has 2 atom stereocenters. The molecule has 1 fully saturated rings. The first-order chi connectivity index (χ1) is 10.1. The number of hydrogen-bond acceptors (Lipinski definition) is 4. The van der Waals surface area contributed by atoms with E-state index in [2.05, 4.69) is 15.9 Å². The molecule has 0 saturated carbocycles. The van der Waals surface area contributed by atoms with Gasteiger partial charge in [0.1, 0.15) is 0 Å². The van der Waals surface area contributed by atoms with E-state index >= 15 is 0 Å². The standard InChI is InChI=1S/C16H11BrO4/c17-12-8-6-10(7-9-12)13(18)15-14(20-16(19)21-15)11-4-2-1-3-5-11/h1-9,14-15H/t14-,15-/m0/s1. The molecule has 1 aliphatic heterocycles. The second-order valence-corrected chi connectivity index (χ2v) is 5.52. The zero-order valence-electron chi connectivity index (χ0n) is 10.9. The highest BCUT2D eigenvalue weighted by Gasteiger charge is 2.42. The molecule has 1 heterocycles. The van der Waals surface area contributed by atoms with Crippen molar-refractivity contribution in [2.45, 2.75) is 12.2 Å². The van der Waals surface area contributed by atoms with Crippen molar-refractivity contribution in [3.8, 4) is 0 Å². The minimum absolute atomic E-state index is 0.276. The minimum atomic E-state index is -0.957. The summed E-state index contributed by atoms with van der Waals surface area (Å²) in [4.78, 5) is 23.9. The van der Waals surface area contributed by atoms with Crippen LogP contribution in [-0.4, -0.2) is 18.0 Å². The van der Waals surface area contributed by atoms with Crippen molar-refractivity contribution in [2.75, 3.05) is 0 Å². The number of ketones is 1. The van der Waals surface area contributed by atoms with Gasteiger partial charge < -0.3 is 9.47 Å². The number of Topliss-reactive ketones (excluding diaryl/α,β-unsaturated/α-hetero) is 1. The Balaban J connectivity index is 1.90. The summed E-state index contributed by atoms with van der Waals surface area (Å²) in [6.07, 6.45) is -2.49. The Bertz CT molecular complexity index is 666. The minimum Gasteiger partial charge on any atom is -0.422 e. The average Bonchev–Trinajstić information content (AvgIpc) is 2.90. The Labute approximate surface area is 129 Å². The number of halogens is 1. The summed E-state index contributed by atoms with van der Waals surface area (Å²) < 4.78 is 11.1. The van der Waals surface area contributed by atoms with Gasteiger partial charge in [-0.05, 0) is 17.7 Å². The third-order valence-corrected chi connectivity index (χ3v) is 3.77. The van der Waals surface area contributed by atoms with Crippen molar-refractivity contribution >= 4 is 27.9 Å². The summed E-state index contributed by atoms with van der Waals surface area (Å²) >= 11 is 3.31. The third-order valence-electron chi connectivity index (χ3n) is 3.24. The summed E-state index contributed by atoms with van der Waals surface area (Å²) in [6, 6.07) is 16.0. The molecule has 21 heavy (non-hydrogen) atoms. The van der Waals surface area contributed by atoms with Crippen molar-refractivity contribution in [3.05, 3.63) is 70.2 Å². The molecule has 0 bridgehead atoms. The van der Waals surface area contributed by atoms with E-state index in [1.54, 1.807) is 36.4 Å². The van der Waals surface area contributed by atoms with Crippen LogP contribution in [0.4, 0.5) is 4.79 Å². The van der Waals surface area contributed by atoms with Crippen LogP contribution in [0.1, 0.15) is 22.0 Å². The van der Waals surface area contributed by atoms with Crippen molar-refractivity contribution in [3.63, 3.8) is 0 Å². The van der Waals surface area contributed by atoms with Crippen LogP contribution in [0.3, 0.4) is 0 Å². The van der Waals surface area contributed by atoms with Crippen LogP contribution in [0, 0.1) is 0 Å². The molecule has 5 heteroatoms. The lowest BCUT2D eigenvalue weighted by Gasteiger charge is -2.14. The maximum absolute atomic E-state index is 12.5. The first-order valence-corrected chi connectivity index (χ1v) is 7.16. The van der Waals surface area contributed by atoms with E-state index in [-0.39, 0.29) is 5.78 Å². The molecule has 2 aromatic carbocycles. The number of carbonyl (C=O) groups excluding carboxylic acids is 2. The van der Waals surface area contributed by atoms with Gasteiger partial charge in [0.05, 0.1) is 0 Å². The van der Waals surface area contributed by atoms with Crippen LogP contribution in [0.25, 0.3) is 0 Å². The second-order valence-electron chi connectivity index (χ2n) is 4.61. The lowest BCUT2D eigenvalue weighted by atomic mass is 9.97. The smallest absolute Gasteiger partial charge is 0.422 e. The molecular weight excluding hydrogens is 336 g/mol. The first kappa shape index (κ1) is 13.8. The van der Waals surface area contributed by atoms with E-state index in [9.17, 15) is 9.59 Å². The number of benzene rings is 2. The van der Waals surface area contributed by atoms with Crippen LogP contribution in [-0.2, 0) is 9.47 Å². The lowest BCUT2D eigenvalue weighted by Crippen LogP contribution is -2.26. The van der Waals surface area contributed by atoms with Crippen molar-refractivity contribution < 1.29 is 19.1 Å². The fraction of sp³-hybridized carbons (Fsp3) is 0.125. The van der Waals surface area contributed by atoms with Crippen molar-refractivity contribution in [1.29, 1.82) is 0 Å². The summed E-state index contributed by atoms with van der Waals surface area (Å²) in [5.41, 5.74) is 1.21. The zero-order chi connectivity index (χ0) is 14.8. The quantitative estimate of drug-likeness (QED) is 0.624. The van der Waals surface area contributed by atoms with E-state index in [1.807, 2.05) is 18.2 Å². The molecule has 1 aliphatic rings. The van der Waals surface area contributed by atoms with Crippen molar-refractivity contribution in [2.24, 2.45) is 0 Å². The number of rotatable bonds is 3. The molecule has 0 N–H and O–H groups in total. The monoisotopic (exact) mass is 346 g/mol. The van der Waals surface area contributed by atoms with Gasteiger partial charge >= 0.3 is 6.16 Å². The Morgan fingerprint density at radius 1 is 0.952 bits per heavy atom. The molecule has 1 saturated heterocycles. The highest BCUT2D eigenvalue weighted by molar-refractivity contribution is 9.10. The molecule has 0 aromatic heterocycles. The Hall–Kier alpha value is -2.14. The molecule has 0 amide bonds. The summed E-state index contributed by atoms with van der Waals surface area (Å²) in [6.45, 7) is 0. The molecule has 0 aliphatic carbocycles. The Morgan fingerprint density at radius 3 is 2.29 bits per heavy atom. The van der Waals surface area contributed by atoms with Gasteiger partial charge in [-0.1, -0.05) is 58.4 Å². The first-order valence-electron chi connectivity index (χ1n) is 6.37. The lowest BCUT2D eigenvalue weighted by molar-refractivity contribution is 0.0716. The van der Waals surface area contributed by atoms with Crippen molar-refractivity contribution in [1.82, 2.24) is 0 Å². The molecule has 4 nitrogen and oxygen atoms in total. The molecule has 0 radical (unpaired) electrons. The summed E-state index contributed by atoms with van der Waals surface area (Å²) in [7, 11) is 0. The Kier molecular flexibility index (Phi) is 3.75. The normalized spacial score (nSPS) is 20.7. The zero-order valence-corrected chi connectivity index (χ0v) is 12.4. The van der Waals surface area contributed by atoms with Gasteiger partial charge in [0.2, 0.25) is 11.9 Å². The number of cyclic esters (lactones) is 2. The maximum Gasteiger partial charge on any atom is 0.509 e. The number of carbonyl (C=O) groups is 2. The van der Waals surface area contributed by atoms with Crippen LogP contribution >= 0.6 is 15.9 Å². The van der Waals surface area contributed by atoms with Gasteiger partial charge in [-0.3, -0.25) is 4.79 Å². The fourth-order valence-corrected chi connectivity index (χ4v) is 2.48. The Morgan fingerprint density at radius 2 is 1.62 bits per heavy atom. The van der Waals surface area contributed by atoms with E-state index in [0.717, 1.165) is 10.0 Å². The van der Waals surface area contributed by atoms with Crippen LogP contribution in [0.2, 0.25) is 0 Å². The highest BCUT2D eigenvalue weighted by Crippen LogP contribution is 2.32. The molecule has 3 rings (SSSR count). The molecule has 0 spiro atoms. The SMILES string of the molecule is O=C1O[C@@H](C(=O)c2ccc(Br)cc2)[C@H](c2ccccc2)O1.